The minimum absolute atomic E-state index is 0.0305. The molecule has 4 aliphatic carbocycles. The molecule has 4 saturated carbocycles. The average molecular weight is 519 g/mol. The zero-order chi connectivity index (χ0) is 26.9. The lowest BCUT2D eigenvalue weighted by Gasteiger charge is -2.34. The van der Waals surface area contributed by atoms with Crippen LogP contribution in [0.3, 0.4) is 0 Å². The summed E-state index contributed by atoms with van der Waals surface area (Å²) in [5, 5.41) is 10.2. The van der Waals surface area contributed by atoms with E-state index in [9.17, 15) is 19.5 Å². The molecule has 4 fully saturated rings. The predicted octanol–water partition coefficient (Wildman–Crippen LogP) is 5.97. The maximum Gasteiger partial charge on any atom is 0.337 e. The Morgan fingerprint density at radius 2 is 1.24 bits per heavy atom. The van der Waals surface area contributed by atoms with Crippen LogP contribution >= 0.6 is 0 Å². The number of methoxy groups -OCH3 is 2. The van der Waals surface area contributed by atoms with Crippen molar-refractivity contribution in [2.24, 2.45) is 10.8 Å². The van der Waals surface area contributed by atoms with Crippen LogP contribution in [0, 0.1) is 10.8 Å². The number of Topliss-reactive ketones (excluding diaryl/α,β-unsaturated/α-hetero) is 1. The van der Waals surface area contributed by atoms with E-state index in [-0.39, 0.29) is 29.9 Å². The van der Waals surface area contributed by atoms with Gasteiger partial charge in [0.25, 0.3) is 0 Å². The van der Waals surface area contributed by atoms with Crippen LogP contribution in [0.2, 0.25) is 0 Å². The van der Waals surface area contributed by atoms with E-state index in [4.69, 9.17) is 4.74 Å². The van der Waals surface area contributed by atoms with Crippen molar-refractivity contribution < 1.29 is 29.0 Å². The highest BCUT2D eigenvalue weighted by atomic mass is 16.5. The first-order chi connectivity index (χ1) is 18.3. The molecule has 6 heteroatoms. The molecule has 202 valence electrons. The van der Waals surface area contributed by atoms with Crippen molar-refractivity contribution in [1.82, 2.24) is 0 Å². The molecule has 0 saturated heterocycles. The molecule has 6 rings (SSSR count). The number of benzene rings is 2. The molecule has 2 spiro atoms. The summed E-state index contributed by atoms with van der Waals surface area (Å²) in [7, 11) is 2.76. The van der Waals surface area contributed by atoms with Gasteiger partial charge < -0.3 is 14.6 Å². The van der Waals surface area contributed by atoms with Crippen molar-refractivity contribution >= 4 is 17.7 Å². The first-order valence-electron chi connectivity index (χ1n) is 13.8. The molecule has 1 unspecified atom stereocenters. The Morgan fingerprint density at radius 3 is 1.74 bits per heavy atom. The van der Waals surface area contributed by atoms with Gasteiger partial charge in [0, 0.05) is 18.3 Å². The summed E-state index contributed by atoms with van der Waals surface area (Å²) in [4.78, 5) is 34.9. The van der Waals surface area contributed by atoms with Gasteiger partial charge in [-0.3, -0.25) is 4.79 Å². The summed E-state index contributed by atoms with van der Waals surface area (Å²) in [6.07, 6.45) is 10.9. The third-order valence-electron chi connectivity index (χ3n) is 9.42. The molecule has 0 radical (unpaired) electrons. The highest BCUT2D eigenvalue weighted by Gasteiger charge is 2.49. The lowest BCUT2D eigenvalue weighted by molar-refractivity contribution is -0.123. The molecule has 6 nitrogen and oxygen atoms in total. The second kappa shape index (κ2) is 10.6. The Hall–Kier alpha value is -2.99. The van der Waals surface area contributed by atoms with Crippen LogP contribution in [0.4, 0.5) is 0 Å². The van der Waals surface area contributed by atoms with E-state index in [1.54, 1.807) is 24.3 Å². The van der Waals surface area contributed by atoms with Gasteiger partial charge in [0.2, 0.25) is 0 Å². The molecule has 38 heavy (non-hydrogen) atoms. The fourth-order valence-corrected chi connectivity index (χ4v) is 6.43. The molecular formula is C32H38O6. The normalized spacial score (nSPS) is 26.2. The maximum atomic E-state index is 12.1. The van der Waals surface area contributed by atoms with Crippen molar-refractivity contribution in [3.8, 4) is 0 Å². The van der Waals surface area contributed by atoms with Crippen molar-refractivity contribution in [2.45, 2.75) is 82.1 Å². The minimum Gasteiger partial charge on any atom is -0.465 e. The maximum absolute atomic E-state index is 12.1. The summed E-state index contributed by atoms with van der Waals surface area (Å²) < 4.78 is 9.38. The quantitative estimate of drug-likeness (QED) is 0.502. The van der Waals surface area contributed by atoms with Crippen LogP contribution in [0.5, 0.6) is 0 Å². The average Bonchev–Trinajstić information content (AvgIpc) is 3.89. The monoisotopic (exact) mass is 518 g/mol. The zero-order valence-corrected chi connectivity index (χ0v) is 22.4. The number of hydrogen-bond acceptors (Lipinski definition) is 6. The van der Waals surface area contributed by atoms with E-state index >= 15 is 0 Å². The fraction of sp³-hybridized carbons (Fsp3) is 0.531. The van der Waals surface area contributed by atoms with Gasteiger partial charge in [-0.05, 0) is 104 Å². The van der Waals surface area contributed by atoms with Crippen LogP contribution in [-0.2, 0) is 14.3 Å². The summed E-state index contributed by atoms with van der Waals surface area (Å²) in [6, 6.07) is 14.8. The molecule has 2 aromatic carbocycles. The zero-order valence-electron chi connectivity index (χ0n) is 22.4. The Bertz CT molecular complexity index is 1170. The van der Waals surface area contributed by atoms with E-state index in [0.717, 1.165) is 36.8 Å². The summed E-state index contributed by atoms with van der Waals surface area (Å²) >= 11 is 0. The number of ether oxygens (including phenoxy) is 2. The van der Waals surface area contributed by atoms with Gasteiger partial charge in [-0.2, -0.15) is 0 Å². The fourth-order valence-electron chi connectivity index (χ4n) is 6.43. The number of hydrogen-bond donors (Lipinski definition) is 1. The number of ketones is 1. The number of esters is 2. The third kappa shape index (κ3) is 5.70. The molecule has 0 amide bonds. The Morgan fingerprint density at radius 1 is 0.737 bits per heavy atom. The molecule has 0 aromatic heterocycles. The lowest BCUT2D eigenvalue weighted by atomic mass is 9.74. The van der Waals surface area contributed by atoms with Gasteiger partial charge in [-0.15, -0.1) is 0 Å². The molecule has 0 aliphatic heterocycles. The highest BCUT2D eigenvalue weighted by Crippen LogP contribution is 2.60. The summed E-state index contributed by atoms with van der Waals surface area (Å²) in [5.41, 5.74) is 4.27. The summed E-state index contributed by atoms with van der Waals surface area (Å²) in [6.45, 7) is 0. The molecule has 0 heterocycles. The SMILES string of the molecule is COC(=O)c1ccc(C2CC3(CCC2=O)CC3)cc1.COC(=O)c1ccc([C@@H]2CC3(CC[C@@H]2O)CC3)cc1. The highest BCUT2D eigenvalue weighted by molar-refractivity contribution is 5.90. The molecule has 4 aliphatic rings. The smallest absolute Gasteiger partial charge is 0.337 e. The van der Waals surface area contributed by atoms with Gasteiger partial charge in [0.15, 0.2) is 0 Å². The van der Waals surface area contributed by atoms with Crippen molar-refractivity contribution in [1.29, 1.82) is 0 Å². The van der Waals surface area contributed by atoms with Crippen molar-refractivity contribution in [3.05, 3.63) is 70.8 Å². The first kappa shape index (κ1) is 26.6. The Kier molecular flexibility index (Phi) is 7.45. The number of rotatable bonds is 4. The van der Waals surface area contributed by atoms with Crippen LogP contribution in [0.25, 0.3) is 0 Å². The number of aliphatic hydroxyl groups is 1. The molecule has 2 aromatic rings. The van der Waals surface area contributed by atoms with E-state index in [1.165, 1.54) is 46.3 Å². The van der Waals surface area contributed by atoms with Crippen molar-refractivity contribution in [2.75, 3.05) is 14.2 Å². The van der Waals surface area contributed by atoms with E-state index in [0.29, 0.717) is 34.2 Å². The molecule has 1 N–H and O–H groups in total. The Balaban J connectivity index is 0.000000155. The van der Waals surface area contributed by atoms with E-state index in [2.05, 4.69) is 4.74 Å². The van der Waals surface area contributed by atoms with Gasteiger partial charge in [-0.1, -0.05) is 24.3 Å². The third-order valence-corrected chi connectivity index (χ3v) is 9.42. The summed E-state index contributed by atoms with van der Waals surface area (Å²) in [5.74, 6) is -0.0381. The lowest BCUT2D eigenvalue weighted by Crippen LogP contribution is -2.28. The standard InChI is InChI=1S/C16H20O3.C16H18O3/c2*1-19-15(18)12-4-2-11(3-5-12)13-10-16(8-9-16)7-6-14(13)17/h2-5,13-14,17H,6-10H2,1H3;2-5,13H,6-10H2,1H3/t13-,14-;/m0./s1. The molecule has 0 bridgehead atoms. The molecule has 3 atom stereocenters. The van der Waals surface area contributed by atoms with Crippen LogP contribution < -0.4 is 0 Å². The van der Waals surface area contributed by atoms with Gasteiger partial charge >= 0.3 is 11.9 Å². The van der Waals surface area contributed by atoms with E-state index < -0.39 is 0 Å². The minimum atomic E-state index is -0.333. The van der Waals surface area contributed by atoms with Gasteiger partial charge in [0.05, 0.1) is 31.5 Å². The van der Waals surface area contributed by atoms with Gasteiger partial charge in [-0.25, -0.2) is 9.59 Å². The topological polar surface area (TPSA) is 89.9 Å². The number of carbonyl (C=O) groups excluding carboxylic acids is 3. The van der Waals surface area contributed by atoms with Crippen LogP contribution in [0.15, 0.2) is 48.5 Å². The van der Waals surface area contributed by atoms with Crippen molar-refractivity contribution in [3.63, 3.8) is 0 Å². The largest absolute Gasteiger partial charge is 0.465 e. The first-order valence-corrected chi connectivity index (χ1v) is 13.8. The number of aliphatic hydroxyl groups excluding tert-OH is 1. The predicted molar refractivity (Wildman–Crippen MR) is 143 cm³/mol. The van der Waals surface area contributed by atoms with Crippen LogP contribution in [0.1, 0.15) is 108 Å². The molecular weight excluding hydrogens is 480 g/mol. The van der Waals surface area contributed by atoms with Crippen LogP contribution in [-0.4, -0.2) is 43.2 Å². The second-order valence-electron chi connectivity index (χ2n) is 11.9. The van der Waals surface area contributed by atoms with Gasteiger partial charge in [0.1, 0.15) is 5.78 Å². The second-order valence-corrected chi connectivity index (χ2v) is 11.9. The Labute approximate surface area is 224 Å². The van der Waals surface area contributed by atoms with E-state index in [1.807, 2.05) is 24.3 Å². The number of carbonyl (C=O) groups is 3.